The van der Waals surface area contributed by atoms with E-state index in [0.717, 1.165) is 43.2 Å². The van der Waals surface area contributed by atoms with Crippen molar-refractivity contribution in [1.29, 1.82) is 0 Å². The summed E-state index contributed by atoms with van der Waals surface area (Å²) in [6.45, 7) is 3.63. The number of fused-ring (bicyclic) bond motifs is 2. The van der Waals surface area contributed by atoms with E-state index in [-0.39, 0.29) is 17.8 Å². The summed E-state index contributed by atoms with van der Waals surface area (Å²) < 4.78 is 16.7. The fourth-order valence-corrected chi connectivity index (χ4v) is 4.18. The molecule has 188 valence electrons. The van der Waals surface area contributed by atoms with Crippen molar-refractivity contribution in [2.24, 2.45) is 5.73 Å². The van der Waals surface area contributed by atoms with Gasteiger partial charge in [-0.2, -0.15) is 0 Å². The average molecular weight is 475 g/mol. The molecule has 4 N–H and O–H groups in total. The minimum Gasteiger partial charge on any atom is -0.508 e. The molecule has 0 aliphatic carbocycles. The molecule has 0 saturated heterocycles. The fraction of sp³-hybridized carbons (Fsp3) is 0.538. The molecular formula is C26H38N2O6. The summed E-state index contributed by atoms with van der Waals surface area (Å²) in [6.07, 6.45) is 7.17. The number of hydrogen-bond acceptors (Lipinski definition) is 6. The number of aryl methyl sites for hydroxylation is 1. The van der Waals surface area contributed by atoms with Crippen molar-refractivity contribution in [3.05, 3.63) is 47.1 Å². The third-order valence-electron chi connectivity index (χ3n) is 6.11. The Hall–Kier alpha value is -2.84. The summed E-state index contributed by atoms with van der Waals surface area (Å²) >= 11 is 0. The number of hydrogen-bond donors (Lipinski definition) is 3. The SMILES string of the molecule is COC1CC/C=C(\C)C(OC(N)=O)C(OC)CC/C=C(\C)C(=O)Nc2cc(O)cc(c2)CCC1. The van der Waals surface area contributed by atoms with Crippen LogP contribution in [0.2, 0.25) is 0 Å². The molecular weight excluding hydrogens is 436 g/mol. The number of rotatable bonds is 3. The first-order valence-corrected chi connectivity index (χ1v) is 11.7. The lowest BCUT2D eigenvalue weighted by Gasteiger charge is -2.26. The standard InChI is InChI=1S/C26H38N2O6/c1-17-8-5-11-22(32-3)12-7-10-19-14-20(16-21(29)15-19)28-25(30)18(2)9-6-13-23(33-4)24(17)34-26(27)31/h8-9,14-16,22-24,29H,5-7,10-13H2,1-4H3,(H2,27,31)(H,28,30)/b17-8+,18-9+. The van der Waals surface area contributed by atoms with Crippen LogP contribution in [0, 0.1) is 0 Å². The van der Waals surface area contributed by atoms with Crippen molar-refractivity contribution in [2.45, 2.75) is 77.1 Å². The van der Waals surface area contributed by atoms with Gasteiger partial charge in [-0.05, 0) is 82.1 Å². The lowest BCUT2D eigenvalue weighted by atomic mass is 9.98. The zero-order valence-corrected chi connectivity index (χ0v) is 20.6. The van der Waals surface area contributed by atoms with E-state index >= 15 is 0 Å². The molecule has 1 aliphatic rings. The second-order valence-corrected chi connectivity index (χ2v) is 8.71. The highest BCUT2D eigenvalue weighted by Gasteiger charge is 2.26. The molecule has 0 spiro atoms. The van der Waals surface area contributed by atoms with E-state index in [1.807, 2.05) is 25.1 Å². The van der Waals surface area contributed by atoms with Gasteiger partial charge in [0.15, 0.2) is 6.10 Å². The van der Waals surface area contributed by atoms with E-state index in [1.54, 1.807) is 27.2 Å². The lowest BCUT2D eigenvalue weighted by Crippen LogP contribution is -2.35. The Balaban J connectivity index is 2.30. The average Bonchev–Trinajstić information content (AvgIpc) is 2.78. The Morgan fingerprint density at radius 2 is 1.79 bits per heavy atom. The summed E-state index contributed by atoms with van der Waals surface area (Å²) in [6, 6.07) is 5.15. The Labute approximate surface area is 202 Å². The highest BCUT2D eigenvalue weighted by atomic mass is 16.6. The minimum absolute atomic E-state index is 0.0724. The van der Waals surface area contributed by atoms with Crippen LogP contribution in [-0.2, 0) is 25.4 Å². The lowest BCUT2D eigenvalue weighted by molar-refractivity contribution is -0.112. The monoisotopic (exact) mass is 474 g/mol. The van der Waals surface area contributed by atoms with Crippen LogP contribution in [0.3, 0.4) is 0 Å². The summed E-state index contributed by atoms with van der Waals surface area (Å²) in [5.74, 6) is -0.128. The van der Waals surface area contributed by atoms with Gasteiger partial charge in [0.25, 0.3) is 5.91 Å². The minimum atomic E-state index is -0.857. The highest BCUT2D eigenvalue weighted by molar-refractivity contribution is 6.03. The number of nitrogens with one attached hydrogen (secondary N) is 1. The van der Waals surface area contributed by atoms with Gasteiger partial charge in [0.1, 0.15) is 5.75 Å². The van der Waals surface area contributed by atoms with E-state index in [1.165, 1.54) is 6.07 Å². The molecule has 0 saturated carbocycles. The molecule has 0 aromatic heterocycles. The van der Waals surface area contributed by atoms with Gasteiger partial charge in [-0.15, -0.1) is 0 Å². The number of anilines is 1. The molecule has 1 aromatic carbocycles. The maximum absolute atomic E-state index is 12.7. The van der Waals surface area contributed by atoms with Gasteiger partial charge >= 0.3 is 6.09 Å². The topological polar surface area (TPSA) is 120 Å². The first kappa shape index (κ1) is 27.4. The van der Waals surface area contributed by atoms with Crippen LogP contribution in [0.1, 0.15) is 57.9 Å². The van der Waals surface area contributed by atoms with Crippen LogP contribution in [0.4, 0.5) is 10.5 Å². The van der Waals surface area contributed by atoms with Gasteiger partial charge in [0, 0.05) is 31.5 Å². The molecule has 3 atom stereocenters. The van der Waals surface area contributed by atoms with Gasteiger partial charge in [0.05, 0.1) is 12.2 Å². The van der Waals surface area contributed by atoms with Gasteiger partial charge < -0.3 is 30.4 Å². The number of phenolic OH excluding ortho intramolecular Hbond substituents is 1. The number of benzene rings is 1. The number of methoxy groups -OCH3 is 2. The molecule has 8 nitrogen and oxygen atoms in total. The van der Waals surface area contributed by atoms with Crippen LogP contribution < -0.4 is 11.1 Å². The number of carbonyl (C=O) groups is 2. The first-order chi connectivity index (χ1) is 16.2. The fourth-order valence-electron chi connectivity index (χ4n) is 4.18. The van der Waals surface area contributed by atoms with Gasteiger partial charge in [-0.1, -0.05) is 12.2 Å². The number of ether oxygens (including phenoxy) is 3. The molecule has 1 aliphatic heterocycles. The van der Waals surface area contributed by atoms with E-state index in [4.69, 9.17) is 19.9 Å². The van der Waals surface area contributed by atoms with Crippen LogP contribution in [0.15, 0.2) is 41.5 Å². The Kier molecular flexibility index (Phi) is 11.1. The molecule has 2 rings (SSSR count). The van der Waals surface area contributed by atoms with Gasteiger partial charge in [-0.3, -0.25) is 4.79 Å². The predicted octanol–water partition coefficient (Wildman–Crippen LogP) is 4.61. The van der Waals surface area contributed by atoms with Crippen molar-refractivity contribution in [3.63, 3.8) is 0 Å². The number of aromatic hydroxyl groups is 1. The molecule has 34 heavy (non-hydrogen) atoms. The second-order valence-electron chi connectivity index (χ2n) is 8.71. The highest BCUT2D eigenvalue weighted by Crippen LogP contribution is 2.24. The molecule has 8 heteroatoms. The van der Waals surface area contributed by atoms with Crippen LogP contribution >= 0.6 is 0 Å². The molecule has 1 aromatic rings. The van der Waals surface area contributed by atoms with Crippen molar-refractivity contribution >= 4 is 17.7 Å². The molecule has 0 fully saturated rings. The zero-order valence-electron chi connectivity index (χ0n) is 20.6. The Morgan fingerprint density at radius 1 is 1.06 bits per heavy atom. The molecule has 2 amide bonds. The van der Waals surface area contributed by atoms with Crippen LogP contribution in [0.5, 0.6) is 5.75 Å². The van der Waals surface area contributed by atoms with E-state index in [9.17, 15) is 14.7 Å². The normalized spacial score (nSPS) is 26.5. The molecule has 1 heterocycles. The predicted molar refractivity (Wildman–Crippen MR) is 132 cm³/mol. The summed E-state index contributed by atoms with van der Waals surface area (Å²) in [5.41, 5.74) is 8.24. The quantitative estimate of drug-likeness (QED) is 0.550. The second kappa shape index (κ2) is 13.8. The summed E-state index contributed by atoms with van der Waals surface area (Å²) in [7, 11) is 3.27. The maximum Gasteiger partial charge on any atom is 0.405 e. The van der Waals surface area contributed by atoms with Crippen molar-refractivity contribution in [1.82, 2.24) is 0 Å². The third kappa shape index (κ3) is 8.83. The Morgan fingerprint density at radius 3 is 2.47 bits per heavy atom. The Bertz CT molecular complexity index is 895. The zero-order chi connectivity index (χ0) is 25.1. The van der Waals surface area contributed by atoms with E-state index in [2.05, 4.69) is 5.32 Å². The van der Waals surface area contributed by atoms with Crippen molar-refractivity contribution < 1.29 is 28.9 Å². The molecule has 3 unspecified atom stereocenters. The van der Waals surface area contributed by atoms with E-state index in [0.29, 0.717) is 24.1 Å². The van der Waals surface area contributed by atoms with Gasteiger partial charge in [-0.25, -0.2) is 4.79 Å². The smallest absolute Gasteiger partial charge is 0.405 e. The maximum atomic E-state index is 12.7. The summed E-state index contributed by atoms with van der Waals surface area (Å²) in [5, 5.41) is 13.0. The number of carbonyl (C=O) groups excluding carboxylic acids is 2. The molecule has 0 radical (unpaired) electrons. The number of allylic oxidation sites excluding steroid dienone is 2. The molecule has 2 bridgehead atoms. The summed E-state index contributed by atoms with van der Waals surface area (Å²) in [4.78, 5) is 24.2. The van der Waals surface area contributed by atoms with Crippen LogP contribution in [0.25, 0.3) is 0 Å². The number of amides is 2. The number of primary amides is 1. The van der Waals surface area contributed by atoms with Crippen molar-refractivity contribution in [3.8, 4) is 5.75 Å². The largest absolute Gasteiger partial charge is 0.508 e. The van der Waals surface area contributed by atoms with Crippen LogP contribution in [-0.4, -0.2) is 49.6 Å². The van der Waals surface area contributed by atoms with E-state index < -0.39 is 18.3 Å². The number of nitrogens with two attached hydrogens (primary N) is 1. The number of phenols is 1. The first-order valence-electron chi connectivity index (χ1n) is 11.7. The van der Waals surface area contributed by atoms with Gasteiger partial charge in [0.2, 0.25) is 0 Å². The third-order valence-corrected chi connectivity index (χ3v) is 6.11. The van der Waals surface area contributed by atoms with Crippen molar-refractivity contribution in [2.75, 3.05) is 19.5 Å².